The smallest absolute Gasteiger partial charge is 0.130 e. The van der Waals surface area contributed by atoms with Crippen LogP contribution < -0.4 is 5.73 Å². The van der Waals surface area contributed by atoms with Crippen LogP contribution in [0.4, 0.5) is 0 Å². The molecule has 1 aliphatic rings. The van der Waals surface area contributed by atoms with Gasteiger partial charge in [0, 0.05) is 18.7 Å². The molecule has 0 aromatic carbocycles. The molecule has 1 aromatic rings. The van der Waals surface area contributed by atoms with Crippen molar-refractivity contribution in [2.75, 3.05) is 0 Å². The minimum atomic E-state index is 0.223. The van der Waals surface area contributed by atoms with Gasteiger partial charge in [0.25, 0.3) is 0 Å². The molecule has 1 saturated carbocycles. The lowest BCUT2D eigenvalue weighted by Crippen LogP contribution is -2.31. The normalized spacial score (nSPS) is 26.4. The highest BCUT2D eigenvalue weighted by molar-refractivity contribution is 6.30. The summed E-state index contributed by atoms with van der Waals surface area (Å²) in [5, 5.41) is 5.07. The Bertz CT molecular complexity index is 400. The van der Waals surface area contributed by atoms with Crippen molar-refractivity contribution in [1.29, 1.82) is 0 Å². The van der Waals surface area contributed by atoms with Crippen molar-refractivity contribution in [2.24, 2.45) is 24.6 Å². The Labute approximate surface area is 108 Å². The molecular formula is C13H22ClN3. The van der Waals surface area contributed by atoms with Gasteiger partial charge >= 0.3 is 0 Å². The van der Waals surface area contributed by atoms with E-state index in [9.17, 15) is 0 Å². The van der Waals surface area contributed by atoms with Crippen LogP contribution in [0.2, 0.25) is 5.15 Å². The fourth-order valence-corrected chi connectivity index (χ4v) is 3.20. The fourth-order valence-electron chi connectivity index (χ4n) is 2.95. The van der Waals surface area contributed by atoms with E-state index in [1.807, 2.05) is 14.0 Å². The predicted octanol–water partition coefficient (Wildman–Crippen LogP) is 2.69. The number of hydrogen-bond acceptors (Lipinski definition) is 2. The van der Waals surface area contributed by atoms with E-state index in [2.05, 4.69) is 12.0 Å². The second-order valence-electron chi connectivity index (χ2n) is 5.52. The number of nitrogens with zero attached hydrogens (tertiary/aromatic N) is 2. The quantitative estimate of drug-likeness (QED) is 0.903. The molecule has 2 N–H and O–H groups in total. The first-order chi connectivity index (χ1) is 7.99. The number of nitrogens with two attached hydrogens (primary N) is 1. The van der Waals surface area contributed by atoms with Crippen molar-refractivity contribution in [2.45, 2.75) is 45.6 Å². The first-order valence-electron chi connectivity index (χ1n) is 6.42. The Morgan fingerprint density at radius 2 is 2.24 bits per heavy atom. The van der Waals surface area contributed by atoms with Crippen LogP contribution in [-0.2, 0) is 13.5 Å². The second-order valence-corrected chi connectivity index (χ2v) is 5.88. The summed E-state index contributed by atoms with van der Waals surface area (Å²) < 4.78 is 1.73. The van der Waals surface area contributed by atoms with E-state index < -0.39 is 0 Å². The molecule has 3 nitrogen and oxygen atoms in total. The third-order valence-electron chi connectivity index (χ3n) is 4.05. The highest BCUT2D eigenvalue weighted by Crippen LogP contribution is 2.33. The fraction of sp³-hybridized carbons (Fsp3) is 0.769. The van der Waals surface area contributed by atoms with E-state index in [-0.39, 0.29) is 6.04 Å². The zero-order valence-corrected chi connectivity index (χ0v) is 11.7. The SMILES string of the molecule is Cc1nn(C)c(Cl)c1CC(N)C1CCC(C)C1. The molecule has 1 aromatic heterocycles. The van der Waals surface area contributed by atoms with Crippen molar-refractivity contribution >= 4 is 11.6 Å². The van der Waals surface area contributed by atoms with Crippen LogP contribution in [0.25, 0.3) is 0 Å². The number of halogens is 1. The van der Waals surface area contributed by atoms with Crippen LogP contribution in [0.1, 0.15) is 37.4 Å². The third kappa shape index (κ3) is 2.66. The Morgan fingerprint density at radius 1 is 1.53 bits per heavy atom. The molecule has 0 bridgehead atoms. The minimum Gasteiger partial charge on any atom is -0.327 e. The van der Waals surface area contributed by atoms with Crippen LogP contribution in [-0.4, -0.2) is 15.8 Å². The van der Waals surface area contributed by atoms with Gasteiger partial charge in [0.15, 0.2) is 0 Å². The van der Waals surface area contributed by atoms with Gasteiger partial charge in [-0.15, -0.1) is 0 Å². The summed E-state index contributed by atoms with van der Waals surface area (Å²) in [5.74, 6) is 1.48. The zero-order chi connectivity index (χ0) is 12.6. The lowest BCUT2D eigenvalue weighted by Gasteiger charge is -2.19. The first-order valence-corrected chi connectivity index (χ1v) is 6.80. The summed E-state index contributed by atoms with van der Waals surface area (Å²) in [6, 6.07) is 0.223. The molecule has 1 heterocycles. The van der Waals surface area contributed by atoms with Gasteiger partial charge in [0.05, 0.1) is 5.69 Å². The van der Waals surface area contributed by atoms with E-state index in [0.717, 1.165) is 28.7 Å². The average Bonchev–Trinajstić information content (AvgIpc) is 2.79. The van der Waals surface area contributed by atoms with E-state index in [4.69, 9.17) is 17.3 Å². The van der Waals surface area contributed by atoms with Crippen LogP contribution in [0.5, 0.6) is 0 Å². The van der Waals surface area contributed by atoms with Crippen molar-refractivity contribution in [3.8, 4) is 0 Å². The summed E-state index contributed by atoms with van der Waals surface area (Å²) in [4.78, 5) is 0. The second kappa shape index (κ2) is 4.99. The van der Waals surface area contributed by atoms with Gasteiger partial charge in [-0.1, -0.05) is 24.9 Å². The molecule has 0 saturated heterocycles. The molecule has 0 amide bonds. The first kappa shape index (κ1) is 12.9. The largest absolute Gasteiger partial charge is 0.327 e. The van der Waals surface area contributed by atoms with Gasteiger partial charge in [-0.25, -0.2) is 0 Å². The Morgan fingerprint density at radius 3 is 2.71 bits per heavy atom. The van der Waals surface area contributed by atoms with Crippen LogP contribution in [0.15, 0.2) is 0 Å². The maximum atomic E-state index is 6.32. The van der Waals surface area contributed by atoms with Crippen molar-refractivity contribution < 1.29 is 0 Å². The average molecular weight is 256 g/mol. The van der Waals surface area contributed by atoms with Gasteiger partial charge in [0.2, 0.25) is 0 Å². The standard InChI is InChI=1S/C13H22ClN3/c1-8-4-5-10(6-8)12(15)7-11-9(2)16-17(3)13(11)14/h8,10,12H,4-7,15H2,1-3H3. The maximum Gasteiger partial charge on any atom is 0.130 e. The molecule has 4 heteroatoms. The van der Waals surface area contributed by atoms with E-state index in [1.54, 1.807) is 4.68 Å². The van der Waals surface area contributed by atoms with E-state index in [0.29, 0.717) is 5.92 Å². The van der Waals surface area contributed by atoms with E-state index >= 15 is 0 Å². The molecule has 96 valence electrons. The van der Waals surface area contributed by atoms with Crippen LogP contribution >= 0.6 is 11.6 Å². The number of rotatable bonds is 3. The highest BCUT2D eigenvalue weighted by atomic mass is 35.5. The summed E-state index contributed by atoms with van der Waals surface area (Å²) in [5.41, 5.74) is 8.46. The van der Waals surface area contributed by atoms with Crippen molar-refractivity contribution in [3.05, 3.63) is 16.4 Å². The number of hydrogen-bond donors (Lipinski definition) is 1. The number of aromatic nitrogens is 2. The Kier molecular flexibility index (Phi) is 3.79. The van der Waals surface area contributed by atoms with Crippen LogP contribution in [0.3, 0.4) is 0 Å². The lowest BCUT2D eigenvalue weighted by molar-refractivity contribution is 0.415. The summed E-state index contributed by atoms with van der Waals surface area (Å²) in [6.45, 7) is 4.32. The minimum absolute atomic E-state index is 0.223. The summed E-state index contributed by atoms with van der Waals surface area (Å²) in [6.07, 6.45) is 4.70. The van der Waals surface area contributed by atoms with Gasteiger partial charge < -0.3 is 5.73 Å². The van der Waals surface area contributed by atoms with Gasteiger partial charge in [-0.05, 0) is 38.0 Å². The van der Waals surface area contributed by atoms with Crippen LogP contribution in [0, 0.1) is 18.8 Å². The molecule has 0 radical (unpaired) electrons. The van der Waals surface area contributed by atoms with Crippen molar-refractivity contribution in [3.63, 3.8) is 0 Å². The Balaban J connectivity index is 2.05. The zero-order valence-electron chi connectivity index (χ0n) is 10.9. The monoisotopic (exact) mass is 255 g/mol. The van der Waals surface area contributed by atoms with E-state index in [1.165, 1.54) is 19.3 Å². The maximum absolute atomic E-state index is 6.32. The number of aryl methyl sites for hydroxylation is 2. The molecule has 3 atom stereocenters. The molecule has 0 aliphatic heterocycles. The van der Waals surface area contributed by atoms with Gasteiger partial charge in [0.1, 0.15) is 5.15 Å². The topological polar surface area (TPSA) is 43.8 Å². The van der Waals surface area contributed by atoms with Crippen molar-refractivity contribution in [1.82, 2.24) is 9.78 Å². The molecular weight excluding hydrogens is 234 g/mol. The molecule has 2 rings (SSSR count). The third-order valence-corrected chi connectivity index (χ3v) is 4.52. The molecule has 1 aliphatic carbocycles. The summed E-state index contributed by atoms with van der Waals surface area (Å²) >= 11 is 6.24. The predicted molar refractivity (Wildman–Crippen MR) is 71.1 cm³/mol. The summed E-state index contributed by atoms with van der Waals surface area (Å²) in [7, 11) is 1.88. The molecule has 17 heavy (non-hydrogen) atoms. The molecule has 1 fully saturated rings. The molecule has 0 spiro atoms. The van der Waals surface area contributed by atoms with Gasteiger partial charge in [-0.2, -0.15) is 5.10 Å². The highest BCUT2D eigenvalue weighted by Gasteiger charge is 2.28. The lowest BCUT2D eigenvalue weighted by atomic mass is 9.92. The molecule has 3 unspecified atom stereocenters. The van der Waals surface area contributed by atoms with Gasteiger partial charge in [-0.3, -0.25) is 4.68 Å². The Hall–Kier alpha value is -0.540.